The van der Waals surface area contributed by atoms with Crippen molar-refractivity contribution in [2.24, 2.45) is 11.8 Å². The van der Waals surface area contributed by atoms with E-state index in [1.165, 1.54) is 0 Å². The van der Waals surface area contributed by atoms with E-state index in [0.29, 0.717) is 40.1 Å². The van der Waals surface area contributed by atoms with Crippen LogP contribution in [0.15, 0.2) is 72.8 Å². The van der Waals surface area contributed by atoms with Crippen molar-refractivity contribution in [1.82, 2.24) is 0 Å². The predicted molar refractivity (Wildman–Crippen MR) is 206 cm³/mol. The normalized spacial score (nSPS) is 20.7. The topological polar surface area (TPSA) is 114 Å². The first-order chi connectivity index (χ1) is 24.9. The fourth-order valence-corrected chi connectivity index (χ4v) is 7.37. The lowest BCUT2D eigenvalue weighted by atomic mass is 9.85. The molecule has 2 N–H and O–H groups in total. The van der Waals surface area contributed by atoms with Gasteiger partial charge in [0.25, 0.3) is 0 Å². The summed E-state index contributed by atoms with van der Waals surface area (Å²) in [6, 6.07) is 22.4. The Labute approximate surface area is 320 Å². The van der Waals surface area contributed by atoms with Crippen molar-refractivity contribution in [3.05, 3.63) is 98.6 Å². The van der Waals surface area contributed by atoms with E-state index in [4.69, 9.17) is 37.9 Å². The quantitative estimate of drug-likeness (QED) is 0.113. The van der Waals surface area contributed by atoms with Crippen LogP contribution in [0.4, 0.5) is 0 Å². The van der Waals surface area contributed by atoms with Crippen LogP contribution in [0.25, 0.3) is 0 Å². The maximum Gasteiger partial charge on any atom is 0.161 e. The van der Waals surface area contributed by atoms with Gasteiger partial charge in [0.2, 0.25) is 0 Å². The Bertz CT molecular complexity index is 1810. The van der Waals surface area contributed by atoms with Crippen LogP contribution in [0.1, 0.15) is 74.4 Å². The molecule has 0 bridgehead atoms. The number of aliphatic hydroxyl groups is 2. The van der Waals surface area contributed by atoms with Crippen LogP contribution in [0, 0.1) is 15.4 Å². The van der Waals surface area contributed by atoms with Gasteiger partial charge >= 0.3 is 0 Å². The molecule has 1 fully saturated rings. The van der Waals surface area contributed by atoms with E-state index in [9.17, 15) is 10.2 Å². The minimum Gasteiger partial charge on any atom is -0.496 e. The summed E-state index contributed by atoms with van der Waals surface area (Å²) >= 11 is 2.19. The second-order valence-electron chi connectivity index (χ2n) is 13.1. The zero-order chi connectivity index (χ0) is 37.7. The molecule has 1 heterocycles. The monoisotopic (exact) mass is 828 g/mol. The highest BCUT2D eigenvalue weighted by Gasteiger charge is 2.41. The molecule has 4 aromatic rings. The molecular weight excluding hydrogens is 779 g/mol. The standard InChI is InChI=1S/C41H49IO10/c1-22-23(2)41(29-13-17-34(37(21-29)49-9)51-25(4)39(44)27-11-15-32(46-6)35(19-27)47-7)52-40(22)28-12-16-33(36(20-28)48-8)50-24(3)38(43)26-10-14-31(45-5)30(42)18-26/h10-25,38-41,43-44H,1-9H3/t22-,23?,24?,25-,38?,39+,40+,41?/m1/s1. The average molecular weight is 829 g/mol. The van der Waals surface area contributed by atoms with Gasteiger partial charge in [-0.3, -0.25) is 0 Å². The van der Waals surface area contributed by atoms with Gasteiger partial charge in [-0.1, -0.05) is 38.1 Å². The zero-order valence-corrected chi connectivity index (χ0v) is 33.2. The van der Waals surface area contributed by atoms with Gasteiger partial charge in [-0.05, 0) is 119 Å². The number of hydrogen-bond acceptors (Lipinski definition) is 10. The van der Waals surface area contributed by atoms with E-state index in [0.717, 1.165) is 26.0 Å². The van der Waals surface area contributed by atoms with Crippen LogP contribution in [-0.2, 0) is 4.74 Å². The van der Waals surface area contributed by atoms with Gasteiger partial charge < -0.3 is 48.1 Å². The number of hydrogen-bond donors (Lipinski definition) is 2. The molecule has 0 amide bonds. The smallest absolute Gasteiger partial charge is 0.161 e. The summed E-state index contributed by atoms with van der Waals surface area (Å²) in [5.41, 5.74) is 3.30. The van der Waals surface area contributed by atoms with Gasteiger partial charge in [0, 0.05) is 0 Å². The third kappa shape index (κ3) is 8.33. The zero-order valence-electron chi connectivity index (χ0n) is 31.1. The maximum absolute atomic E-state index is 11.1. The fourth-order valence-electron chi connectivity index (χ4n) is 6.61. The van der Waals surface area contributed by atoms with Crippen molar-refractivity contribution in [3.63, 3.8) is 0 Å². The molecule has 4 unspecified atom stereocenters. The lowest BCUT2D eigenvalue weighted by Gasteiger charge is -2.24. The number of halogens is 1. The number of methoxy groups -OCH3 is 5. The first-order valence-electron chi connectivity index (χ1n) is 17.2. The number of benzene rings is 4. The molecule has 5 rings (SSSR count). The molecule has 0 spiro atoms. The highest BCUT2D eigenvalue weighted by atomic mass is 127. The summed E-state index contributed by atoms with van der Waals surface area (Å²) < 4.78 is 47.7. The second kappa shape index (κ2) is 17.3. The summed E-state index contributed by atoms with van der Waals surface area (Å²) in [6.07, 6.45) is -3.34. The summed E-state index contributed by atoms with van der Waals surface area (Å²) in [5.74, 6) is 4.35. The highest BCUT2D eigenvalue weighted by molar-refractivity contribution is 14.1. The third-order valence-electron chi connectivity index (χ3n) is 9.89. The lowest BCUT2D eigenvalue weighted by Crippen LogP contribution is -2.22. The molecular formula is C41H49IO10. The Kier molecular flexibility index (Phi) is 13.1. The van der Waals surface area contributed by atoms with Gasteiger partial charge in [-0.25, -0.2) is 0 Å². The largest absolute Gasteiger partial charge is 0.496 e. The van der Waals surface area contributed by atoms with Crippen LogP contribution >= 0.6 is 22.6 Å². The molecule has 1 aliphatic rings. The summed E-state index contributed by atoms with van der Waals surface area (Å²) in [7, 11) is 7.95. The van der Waals surface area contributed by atoms with Gasteiger partial charge in [0.15, 0.2) is 34.5 Å². The maximum atomic E-state index is 11.1. The molecule has 0 aromatic heterocycles. The molecule has 1 aliphatic heterocycles. The molecule has 0 aliphatic carbocycles. The number of rotatable bonds is 15. The Balaban J connectivity index is 1.29. The van der Waals surface area contributed by atoms with Crippen LogP contribution in [0.2, 0.25) is 0 Å². The van der Waals surface area contributed by atoms with Gasteiger partial charge in [-0.15, -0.1) is 0 Å². The molecule has 0 saturated carbocycles. The van der Waals surface area contributed by atoms with Gasteiger partial charge in [0.05, 0.1) is 51.3 Å². The van der Waals surface area contributed by atoms with Crippen LogP contribution in [-0.4, -0.2) is 58.0 Å². The average Bonchev–Trinajstić information content (AvgIpc) is 3.46. The van der Waals surface area contributed by atoms with Crippen LogP contribution in [0.3, 0.4) is 0 Å². The molecule has 11 heteroatoms. The minimum atomic E-state index is -0.927. The molecule has 1 saturated heterocycles. The number of ether oxygens (including phenoxy) is 8. The van der Waals surface area contributed by atoms with Gasteiger partial charge in [-0.2, -0.15) is 0 Å². The van der Waals surface area contributed by atoms with E-state index in [2.05, 4.69) is 36.4 Å². The van der Waals surface area contributed by atoms with E-state index >= 15 is 0 Å². The van der Waals surface area contributed by atoms with Gasteiger partial charge in [0.1, 0.15) is 30.2 Å². The number of aliphatic hydroxyl groups excluding tert-OH is 2. The molecule has 4 aromatic carbocycles. The molecule has 52 heavy (non-hydrogen) atoms. The summed E-state index contributed by atoms with van der Waals surface area (Å²) in [4.78, 5) is 0. The van der Waals surface area contributed by atoms with Crippen molar-refractivity contribution in [2.75, 3.05) is 35.5 Å². The van der Waals surface area contributed by atoms with Crippen LogP contribution < -0.4 is 33.2 Å². The summed E-state index contributed by atoms with van der Waals surface area (Å²) in [5, 5.41) is 22.2. The van der Waals surface area contributed by atoms with Crippen LogP contribution in [0.5, 0.6) is 40.2 Å². The van der Waals surface area contributed by atoms with Crippen molar-refractivity contribution >= 4 is 22.6 Å². The van der Waals surface area contributed by atoms with E-state index in [-0.39, 0.29) is 24.0 Å². The molecule has 280 valence electrons. The fraction of sp³-hybridized carbons (Fsp3) is 0.415. The van der Waals surface area contributed by atoms with E-state index < -0.39 is 24.4 Å². The first-order valence-corrected chi connectivity index (χ1v) is 18.3. The molecule has 10 nitrogen and oxygen atoms in total. The Morgan fingerprint density at radius 1 is 0.519 bits per heavy atom. The van der Waals surface area contributed by atoms with Crippen molar-refractivity contribution < 1.29 is 48.1 Å². The second-order valence-corrected chi connectivity index (χ2v) is 14.2. The SMILES string of the molecule is COc1ccc(C(O)C(C)Oc2ccc([C@H]3OC(c4ccc(O[C@H](C)[C@H](O)c5ccc(OC)c(OC)c5)c(OC)c4)C(C)[C@H]3C)cc2OC)cc1I. The van der Waals surface area contributed by atoms with Crippen molar-refractivity contribution in [1.29, 1.82) is 0 Å². The Morgan fingerprint density at radius 2 is 0.904 bits per heavy atom. The highest BCUT2D eigenvalue weighted by Crippen LogP contribution is 2.51. The predicted octanol–water partition coefficient (Wildman–Crippen LogP) is 8.42. The van der Waals surface area contributed by atoms with E-state index in [1.54, 1.807) is 60.7 Å². The lowest BCUT2D eigenvalue weighted by molar-refractivity contribution is 0.0281. The van der Waals surface area contributed by atoms with Crippen molar-refractivity contribution in [2.45, 2.75) is 64.3 Å². The molecule has 0 radical (unpaired) electrons. The van der Waals surface area contributed by atoms with Crippen molar-refractivity contribution in [3.8, 4) is 40.2 Å². The Hall–Kier alpha value is -3.91. The first kappa shape index (κ1) is 39.3. The minimum absolute atomic E-state index is 0.177. The third-order valence-corrected chi connectivity index (χ3v) is 10.7. The molecule has 8 atom stereocenters. The van der Waals surface area contributed by atoms with E-state index in [1.807, 2.05) is 61.5 Å². The Morgan fingerprint density at radius 3 is 1.33 bits per heavy atom. The summed E-state index contributed by atoms with van der Waals surface area (Å²) in [6.45, 7) is 8.01.